The van der Waals surface area contributed by atoms with Gasteiger partial charge in [0.05, 0.1) is 34.4 Å². The summed E-state index contributed by atoms with van der Waals surface area (Å²) in [6, 6.07) is 29.5. The van der Waals surface area contributed by atoms with E-state index in [2.05, 4.69) is 0 Å². The van der Waals surface area contributed by atoms with Crippen molar-refractivity contribution >= 4 is 5.57 Å². The predicted octanol–water partition coefficient (Wildman–Crippen LogP) is 15.9. The zero-order chi connectivity index (χ0) is 50.2. The highest BCUT2D eigenvalue weighted by Crippen LogP contribution is 2.59. The lowest BCUT2D eigenvalue weighted by Gasteiger charge is -2.21. The monoisotopic (exact) mass is 958 g/mol. The summed E-state index contributed by atoms with van der Waals surface area (Å²) in [7, 11) is 0. The van der Waals surface area contributed by atoms with Crippen molar-refractivity contribution in [3.05, 3.63) is 183 Å². The van der Waals surface area contributed by atoms with Gasteiger partial charge in [-0.05, 0) is 163 Å². The first-order chi connectivity index (χ1) is 33.0. The Balaban J connectivity index is 1.35. The van der Waals surface area contributed by atoms with Gasteiger partial charge in [0.2, 0.25) is 0 Å². The molecule has 3 aliphatic rings. The summed E-state index contributed by atoms with van der Waals surface area (Å²) < 4.78 is 165. The molecule has 0 aliphatic heterocycles. The maximum Gasteiger partial charge on any atom is 0.416 e. The maximum atomic E-state index is 13.9. The quantitative estimate of drug-likeness (QED) is 0.127. The fourth-order valence-corrected chi connectivity index (χ4v) is 9.56. The second-order valence-electron chi connectivity index (χ2n) is 16.7. The van der Waals surface area contributed by atoms with Gasteiger partial charge >= 0.3 is 24.7 Å². The van der Waals surface area contributed by atoms with Crippen LogP contribution in [0.25, 0.3) is 61.2 Å². The van der Waals surface area contributed by atoms with Gasteiger partial charge < -0.3 is 0 Å². The molecule has 6 aromatic rings. The molecular weight excluding hydrogens is 933 g/mol. The Kier molecular flexibility index (Phi) is 11.2. The minimum absolute atomic E-state index is 0.0349. The van der Waals surface area contributed by atoms with E-state index in [-0.39, 0.29) is 62.1 Å². The molecule has 0 saturated carbocycles. The van der Waals surface area contributed by atoms with E-state index in [0.29, 0.717) is 33.4 Å². The van der Waals surface area contributed by atoms with Gasteiger partial charge in [0.15, 0.2) is 0 Å². The summed E-state index contributed by atoms with van der Waals surface area (Å²) in [5.41, 5.74) is -0.167. The first-order valence-corrected chi connectivity index (χ1v) is 20.9. The lowest BCUT2D eigenvalue weighted by Crippen LogP contribution is -2.13. The third kappa shape index (κ3) is 8.05. The first-order valence-electron chi connectivity index (χ1n) is 20.9. The van der Waals surface area contributed by atoms with Gasteiger partial charge in [0.25, 0.3) is 0 Å². The Hall–Kier alpha value is -8.34. The second-order valence-corrected chi connectivity index (χ2v) is 16.7. The number of fused-ring (bicyclic) bond motifs is 6. The Labute approximate surface area is 390 Å². The third-order valence-electron chi connectivity index (χ3n) is 12.8. The molecule has 16 heteroatoms. The molecule has 0 aromatic heterocycles. The average molecular weight is 959 g/mol. The van der Waals surface area contributed by atoms with Crippen LogP contribution in [-0.2, 0) is 18.5 Å². The molecule has 3 aliphatic carbocycles. The van der Waals surface area contributed by atoms with Crippen LogP contribution in [0.3, 0.4) is 0 Å². The highest BCUT2D eigenvalue weighted by molar-refractivity contribution is 6.11. The number of hydrogen-bond donors (Lipinski definition) is 0. The van der Waals surface area contributed by atoms with Gasteiger partial charge in [-0.3, -0.25) is 0 Å². The maximum absolute atomic E-state index is 13.9. The summed E-state index contributed by atoms with van der Waals surface area (Å²) in [5, 5.41) is 41.9. The number of nitrogens with zero attached hydrogens (tertiary/aromatic N) is 4. The molecular formula is C54H26F12N4. The summed E-state index contributed by atoms with van der Waals surface area (Å²) >= 11 is 0. The van der Waals surface area contributed by atoms with Crippen molar-refractivity contribution in [1.29, 1.82) is 21.0 Å². The number of alkyl halides is 12. The number of halogens is 12. The highest BCUT2D eigenvalue weighted by atomic mass is 19.4. The normalized spacial score (nSPS) is 16.0. The lowest BCUT2D eigenvalue weighted by molar-refractivity contribution is -0.138. The molecule has 4 nitrogen and oxygen atoms in total. The van der Waals surface area contributed by atoms with Crippen molar-refractivity contribution in [2.75, 3.05) is 0 Å². The van der Waals surface area contributed by atoms with Crippen molar-refractivity contribution in [2.45, 2.75) is 43.0 Å². The smallest absolute Gasteiger partial charge is 0.197 e. The van der Waals surface area contributed by atoms with Crippen LogP contribution < -0.4 is 0 Å². The fourth-order valence-electron chi connectivity index (χ4n) is 9.56. The van der Waals surface area contributed by atoms with Crippen molar-refractivity contribution in [2.24, 2.45) is 5.92 Å². The Morgan fingerprint density at radius 1 is 0.471 bits per heavy atom. The van der Waals surface area contributed by atoms with Gasteiger partial charge in [-0.1, -0.05) is 54.6 Å². The molecule has 2 atom stereocenters. The van der Waals surface area contributed by atoms with Gasteiger partial charge in [0, 0.05) is 17.4 Å². The van der Waals surface area contributed by atoms with E-state index >= 15 is 0 Å². The van der Waals surface area contributed by atoms with Crippen LogP contribution in [0.15, 0.2) is 139 Å². The van der Waals surface area contributed by atoms with E-state index < -0.39 is 70.3 Å². The minimum atomic E-state index is -4.74. The molecule has 0 fully saturated rings. The van der Waals surface area contributed by atoms with Crippen LogP contribution in [-0.4, -0.2) is 6.18 Å². The summed E-state index contributed by atoms with van der Waals surface area (Å²) in [6.45, 7) is 0. The standard InChI is InChI=1S/C54H26F12N4/c55-51(56,57)35-9-1-27(2-10-35)31-17-39(29-5-13-37(14-6-29)53(61,62)63)49-43-22-44-42(21-41(43)47(45(49)19-31)33(23-67)24-68)48(34(25-69)26-70)46-20-32(28-3-11-36(12-4-28)52(58,59)60)18-40(50(44)46)30-7-15-38(16-8-30)54(64,65)66/h1-3,5-22,28,33,47H,4H2. The SMILES string of the molecule is N#CC(C#N)=C1c2cc3c(cc2-c2c1cc(C1C=CC(C(F)(F)F)=CC1)cc2-c1ccc(C(F)(F)F)cc1)-c1c(-c2ccc(C(F)(F)F)cc2)cc(-c2ccc(C(F)(F)F)cc2)cc1C3C(C#N)C#N. The summed E-state index contributed by atoms with van der Waals surface area (Å²) in [6.07, 6.45) is -15.7. The molecule has 0 N–H and O–H groups in total. The van der Waals surface area contributed by atoms with Crippen LogP contribution in [0.2, 0.25) is 0 Å². The molecule has 0 spiro atoms. The van der Waals surface area contributed by atoms with Crippen LogP contribution in [0.4, 0.5) is 52.7 Å². The largest absolute Gasteiger partial charge is 0.416 e. The molecule has 2 unspecified atom stereocenters. The van der Waals surface area contributed by atoms with E-state index in [1.807, 2.05) is 24.3 Å². The van der Waals surface area contributed by atoms with Gasteiger partial charge in [0.1, 0.15) is 23.6 Å². The van der Waals surface area contributed by atoms with E-state index in [0.717, 1.165) is 48.6 Å². The zero-order valence-electron chi connectivity index (χ0n) is 35.4. The molecule has 0 saturated heterocycles. The minimum Gasteiger partial charge on any atom is -0.197 e. The van der Waals surface area contributed by atoms with Gasteiger partial charge in [-0.25, -0.2) is 0 Å². The van der Waals surface area contributed by atoms with E-state index in [1.54, 1.807) is 36.4 Å². The van der Waals surface area contributed by atoms with Crippen LogP contribution in [0, 0.1) is 51.2 Å². The van der Waals surface area contributed by atoms with E-state index in [9.17, 15) is 73.7 Å². The van der Waals surface area contributed by atoms with Crippen molar-refractivity contribution in [3.8, 4) is 79.9 Å². The number of benzene rings is 6. The number of hydrogen-bond acceptors (Lipinski definition) is 4. The number of nitriles is 4. The molecule has 70 heavy (non-hydrogen) atoms. The van der Waals surface area contributed by atoms with Crippen molar-refractivity contribution < 1.29 is 52.7 Å². The topological polar surface area (TPSA) is 95.2 Å². The fraction of sp³-hybridized carbons (Fsp3) is 0.148. The third-order valence-corrected chi connectivity index (χ3v) is 12.8. The van der Waals surface area contributed by atoms with Gasteiger partial charge in [-0.15, -0.1) is 0 Å². The Bertz CT molecular complexity index is 3400. The Morgan fingerprint density at radius 3 is 1.43 bits per heavy atom. The van der Waals surface area contributed by atoms with Crippen molar-refractivity contribution in [3.63, 3.8) is 0 Å². The van der Waals surface area contributed by atoms with Crippen LogP contribution in [0.1, 0.15) is 62.8 Å². The van der Waals surface area contributed by atoms with E-state index in [1.165, 1.54) is 42.5 Å². The predicted molar refractivity (Wildman–Crippen MR) is 233 cm³/mol. The van der Waals surface area contributed by atoms with Crippen molar-refractivity contribution in [1.82, 2.24) is 0 Å². The molecule has 0 bridgehead atoms. The second kappa shape index (κ2) is 16.7. The lowest BCUT2D eigenvalue weighted by atomic mass is 9.83. The zero-order valence-corrected chi connectivity index (χ0v) is 35.4. The molecule has 0 heterocycles. The number of allylic oxidation sites excluding steroid dienone is 5. The molecule has 0 radical (unpaired) electrons. The van der Waals surface area contributed by atoms with Gasteiger partial charge in [-0.2, -0.15) is 73.7 Å². The molecule has 6 aromatic carbocycles. The van der Waals surface area contributed by atoms with Crippen LogP contribution >= 0.6 is 0 Å². The van der Waals surface area contributed by atoms with E-state index in [4.69, 9.17) is 0 Å². The molecule has 0 amide bonds. The first kappa shape index (κ1) is 46.8. The summed E-state index contributed by atoms with van der Waals surface area (Å²) in [4.78, 5) is 0. The molecule has 346 valence electrons. The number of rotatable bonds is 5. The average Bonchev–Trinajstić information content (AvgIpc) is 3.81. The van der Waals surface area contributed by atoms with Crippen LogP contribution in [0.5, 0.6) is 0 Å². The highest BCUT2D eigenvalue weighted by Gasteiger charge is 2.42. The summed E-state index contributed by atoms with van der Waals surface area (Å²) in [5.74, 6) is -3.36. The Morgan fingerprint density at radius 2 is 0.971 bits per heavy atom. The molecule has 9 rings (SSSR count).